The summed E-state index contributed by atoms with van der Waals surface area (Å²) in [4.78, 5) is 10.3. The van der Waals surface area contributed by atoms with E-state index < -0.39 is 14.9 Å². The van der Waals surface area contributed by atoms with Gasteiger partial charge in [0.05, 0.1) is 16.3 Å². The number of hydrazone groups is 1. The number of benzene rings is 3. The molecule has 32 heavy (non-hydrogen) atoms. The van der Waals surface area contributed by atoms with Gasteiger partial charge in [0, 0.05) is 36.2 Å². The molecule has 0 aliphatic heterocycles. The molecule has 3 rings (SSSR count). The summed E-state index contributed by atoms with van der Waals surface area (Å²) in [6.45, 7) is 5.48. The highest BCUT2D eigenvalue weighted by Gasteiger charge is 2.27. The first-order valence-electron chi connectivity index (χ1n) is 10.0. The molecule has 0 saturated heterocycles. The van der Waals surface area contributed by atoms with E-state index in [1.807, 2.05) is 24.3 Å². The molecule has 0 heterocycles. The Balaban J connectivity index is 2.04. The van der Waals surface area contributed by atoms with Crippen molar-refractivity contribution in [1.29, 1.82) is 0 Å². The summed E-state index contributed by atoms with van der Waals surface area (Å²) in [5, 5.41) is 27.7. The highest BCUT2D eigenvalue weighted by atomic mass is 32.2. The summed E-state index contributed by atoms with van der Waals surface area (Å²) in [5.74, 6) is 0.0610. The Hall–Kier alpha value is -3.50. The first-order chi connectivity index (χ1) is 15.2. The molecule has 0 saturated carbocycles. The van der Waals surface area contributed by atoms with Crippen molar-refractivity contribution in [2.45, 2.75) is 25.7 Å². The van der Waals surface area contributed by atoms with E-state index in [9.17, 15) is 23.6 Å². The van der Waals surface area contributed by atoms with Crippen LogP contribution in [0.3, 0.4) is 0 Å². The normalized spacial score (nSPS) is 12.3. The molecule has 10 heteroatoms. The van der Waals surface area contributed by atoms with Crippen molar-refractivity contribution in [2.24, 2.45) is 5.10 Å². The average molecular weight is 457 g/mol. The Morgan fingerprint density at radius 1 is 1.12 bits per heavy atom. The van der Waals surface area contributed by atoms with E-state index >= 15 is 0 Å². The zero-order chi connectivity index (χ0) is 23.5. The van der Waals surface area contributed by atoms with Crippen LogP contribution in [0.5, 0.6) is 5.75 Å². The smallest absolute Gasteiger partial charge is 0.270 e. The number of aromatic hydroxyl groups is 1. The molecule has 0 fully saturated rings. The number of anilines is 1. The third kappa shape index (κ3) is 4.41. The van der Waals surface area contributed by atoms with Gasteiger partial charge in [0.2, 0.25) is 10.0 Å². The molecule has 0 unspecified atom stereocenters. The van der Waals surface area contributed by atoms with Crippen molar-refractivity contribution in [3.8, 4) is 5.75 Å². The monoisotopic (exact) mass is 456 g/mol. The number of fused-ring (bicyclic) bond motifs is 1. The van der Waals surface area contributed by atoms with Gasteiger partial charge in [-0.1, -0.05) is 44.2 Å². The number of sulfonamides is 1. The Morgan fingerprint density at radius 3 is 2.47 bits per heavy atom. The van der Waals surface area contributed by atoms with Gasteiger partial charge in [-0.05, 0) is 24.4 Å². The quantitative estimate of drug-likeness (QED) is 0.295. The fraction of sp³-hybridized carbons (Fsp3) is 0.227. The molecule has 0 aromatic heterocycles. The first-order valence-corrected chi connectivity index (χ1v) is 11.4. The molecule has 2 N–H and O–H groups in total. The first kappa shape index (κ1) is 23.2. The zero-order valence-corrected chi connectivity index (χ0v) is 18.8. The molecular weight excluding hydrogens is 432 g/mol. The van der Waals surface area contributed by atoms with Crippen LogP contribution in [0.25, 0.3) is 10.8 Å². The fourth-order valence-electron chi connectivity index (χ4n) is 3.38. The number of nitrogens with zero attached hydrogens (tertiary/aromatic N) is 3. The lowest BCUT2D eigenvalue weighted by Crippen LogP contribution is -2.31. The van der Waals surface area contributed by atoms with Crippen LogP contribution in [0.15, 0.2) is 64.6 Å². The van der Waals surface area contributed by atoms with Gasteiger partial charge in [-0.25, -0.2) is 8.42 Å². The number of non-ortho nitro benzene ring substituents is 1. The minimum absolute atomic E-state index is 0.0610. The molecule has 3 aromatic carbocycles. The largest absolute Gasteiger partial charge is 0.507 e. The van der Waals surface area contributed by atoms with E-state index in [0.717, 1.165) is 11.5 Å². The van der Waals surface area contributed by atoms with Crippen LogP contribution in [-0.2, 0) is 10.0 Å². The Labute approximate surface area is 186 Å². The highest BCUT2D eigenvalue weighted by molar-refractivity contribution is 7.89. The predicted molar refractivity (Wildman–Crippen MR) is 125 cm³/mol. The van der Waals surface area contributed by atoms with E-state index in [1.54, 1.807) is 32.9 Å². The standard InChI is InChI=1S/C22H24N4O5S/c1-4-25(5-2)32(30,31)21-14-17(26(28)29)11-13-20(21)24-23-15(3)18-12-10-16-8-6-7-9-19(16)22(18)27/h6-14,24,27H,4-5H2,1-3H3/b23-15+. The number of rotatable bonds is 8. The summed E-state index contributed by atoms with van der Waals surface area (Å²) >= 11 is 0. The number of phenols is 1. The van der Waals surface area contributed by atoms with Crippen LogP contribution in [0.2, 0.25) is 0 Å². The number of nitrogens with one attached hydrogen (secondary N) is 1. The third-order valence-electron chi connectivity index (χ3n) is 5.13. The lowest BCUT2D eigenvalue weighted by Gasteiger charge is -2.20. The SMILES string of the molecule is CCN(CC)S(=O)(=O)c1cc([N+](=O)[O-])ccc1N/N=C(\C)c1ccc2ccccc2c1O. The van der Waals surface area contributed by atoms with Crippen molar-refractivity contribution in [3.05, 3.63) is 70.3 Å². The van der Waals surface area contributed by atoms with Crippen molar-refractivity contribution < 1.29 is 18.4 Å². The van der Waals surface area contributed by atoms with Crippen molar-refractivity contribution in [2.75, 3.05) is 18.5 Å². The summed E-state index contributed by atoms with van der Waals surface area (Å²) in [6.07, 6.45) is 0. The van der Waals surface area contributed by atoms with Gasteiger partial charge in [0.25, 0.3) is 5.69 Å². The maximum atomic E-state index is 13.1. The molecule has 168 valence electrons. The summed E-state index contributed by atoms with van der Waals surface area (Å²) in [6, 6.07) is 14.5. The minimum atomic E-state index is -3.99. The van der Waals surface area contributed by atoms with Gasteiger partial charge in [0.15, 0.2) is 0 Å². The van der Waals surface area contributed by atoms with Crippen LogP contribution in [0.4, 0.5) is 11.4 Å². The molecule has 3 aromatic rings. The highest BCUT2D eigenvalue weighted by Crippen LogP contribution is 2.31. The van der Waals surface area contributed by atoms with Gasteiger partial charge < -0.3 is 5.11 Å². The maximum absolute atomic E-state index is 13.1. The molecular formula is C22H24N4O5S. The van der Waals surface area contributed by atoms with Gasteiger partial charge in [0.1, 0.15) is 10.6 Å². The average Bonchev–Trinajstić information content (AvgIpc) is 2.78. The molecule has 9 nitrogen and oxygen atoms in total. The Bertz CT molecular complexity index is 1300. The lowest BCUT2D eigenvalue weighted by molar-refractivity contribution is -0.385. The van der Waals surface area contributed by atoms with Crippen LogP contribution in [-0.4, -0.2) is 41.6 Å². The summed E-state index contributed by atoms with van der Waals surface area (Å²) in [7, 11) is -3.99. The topological polar surface area (TPSA) is 125 Å². The van der Waals surface area contributed by atoms with Gasteiger partial charge >= 0.3 is 0 Å². The van der Waals surface area contributed by atoms with Crippen LogP contribution >= 0.6 is 0 Å². The third-order valence-corrected chi connectivity index (χ3v) is 7.22. The number of hydrogen-bond donors (Lipinski definition) is 2. The number of nitro benzene ring substituents is 1. The van der Waals surface area contributed by atoms with Gasteiger partial charge in [-0.3, -0.25) is 15.5 Å². The predicted octanol–water partition coefficient (Wildman–Crippen LogP) is 4.32. The van der Waals surface area contributed by atoms with Gasteiger partial charge in [-0.15, -0.1) is 0 Å². The zero-order valence-electron chi connectivity index (χ0n) is 17.9. The van der Waals surface area contributed by atoms with E-state index in [1.165, 1.54) is 16.4 Å². The second kappa shape index (κ2) is 9.33. The van der Waals surface area contributed by atoms with E-state index in [4.69, 9.17) is 0 Å². The van der Waals surface area contributed by atoms with E-state index in [0.29, 0.717) is 16.7 Å². The number of phenolic OH excluding ortho intramolecular Hbond substituents is 1. The molecule has 0 atom stereocenters. The Kier molecular flexibility index (Phi) is 6.75. The van der Waals surface area contributed by atoms with Crippen molar-refractivity contribution in [3.63, 3.8) is 0 Å². The van der Waals surface area contributed by atoms with Crippen LogP contribution in [0, 0.1) is 10.1 Å². The van der Waals surface area contributed by atoms with E-state index in [-0.39, 0.29) is 35.1 Å². The van der Waals surface area contributed by atoms with Crippen molar-refractivity contribution in [1.82, 2.24) is 4.31 Å². The number of hydrogen-bond acceptors (Lipinski definition) is 7. The molecule has 0 radical (unpaired) electrons. The summed E-state index contributed by atoms with van der Waals surface area (Å²) < 4.78 is 27.4. The number of nitro groups is 1. The maximum Gasteiger partial charge on any atom is 0.270 e. The second-order valence-electron chi connectivity index (χ2n) is 7.02. The van der Waals surface area contributed by atoms with Gasteiger partial charge in [-0.2, -0.15) is 9.41 Å². The summed E-state index contributed by atoms with van der Waals surface area (Å²) in [5.41, 5.74) is 3.36. The van der Waals surface area contributed by atoms with Crippen LogP contribution in [0.1, 0.15) is 26.3 Å². The van der Waals surface area contributed by atoms with E-state index in [2.05, 4.69) is 10.5 Å². The molecule has 0 aliphatic rings. The Morgan fingerprint density at radius 2 is 1.81 bits per heavy atom. The fourth-order valence-corrected chi connectivity index (χ4v) is 5.00. The molecule has 0 amide bonds. The second-order valence-corrected chi connectivity index (χ2v) is 8.93. The lowest BCUT2D eigenvalue weighted by atomic mass is 10.0. The molecule has 0 bridgehead atoms. The molecule has 0 aliphatic carbocycles. The molecule has 0 spiro atoms. The minimum Gasteiger partial charge on any atom is -0.507 e. The van der Waals surface area contributed by atoms with Crippen molar-refractivity contribution >= 4 is 37.9 Å². The van der Waals surface area contributed by atoms with Crippen LogP contribution < -0.4 is 5.43 Å².